The number of hydrogen-bond acceptors (Lipinski definition) is 4. The van der Waals surface area contributed by atoms with Crippen LogP contribution >= 0.6 is 0 Å². The molecular weight excluding hydrogens is 420 g/mol. The molecule has 8 nitrogen and oxygen atoms in total. The lowest BCUT2D eigenvalue weighted by atomic mass is 10.1. The van der Waals surface area contributed by atoms with Crippen LogP contribution in [0.4, 0.5) is 0 Å². The molecule has 0 saturated carbocycles. The van der Waals surface area contributed by atoms with Gasteiger partial charge in [-0.25, -0.2) is 0 Å². The van der Waals surface area contributed by atoms with E-state index in [1.54, 1.807) is 24.5 Å². The number of fused-ring (bicyclic) bond motifs is 2. The number of H-pyrrole nitrogens is 2. The Kier molecular flexibility index (Phi) is 5.26. The van der Waals surface area contributed by atoms with Gasteiger partial charge in [-0.2, -0.15) is 0 Å². The van der Waals surface area contributed by atoms with E-state index in [0.29, 0.717) is 41.4 Å². The van der Waals surface area contributed by atoms with Gasteiger partial charge in [0.15, 0.2) is 0 Å². The molecule has 4 aromatic rings. The number of aromatic amines is 2. The van der Waals surface area contributed by atoms with E-state index in [9.17, 15) is 19.2 Å². The van der Waals surface area contributed by atoms with Crippen LogP contribution in [0.1, 0.15) is 27.1 Å². The van der Waals surface area contributed by atoms with Gasteiger partial charge in [0.25, 0.3) is 23.4 Å². The first kappa shape index (κ1) is 20.7. The highest BCUT2D eigenvalue weighted by Crippen LogP contribution is 2.21. The van der Waals surface area contributed by atoms with E-state index in [4.69, 9.17) is 0 Å². The lowest BCUT2D eigenvalue weighted by molar-refractivity contribution is -0.128. The summed E-state index contributed by atoms with van der Waals surface area (Å²) in [4.78, 5) is 60.6. The minimum atomic E-state index is -0.600. The third kappa shape index (κ3) is 3.69. The summed E-state index contributed by atoms with van der Waals surface area (Å²) in [6.45, 7) is 1.08. The van der Waals surface area contributed by atoms with Gasteiger partial charge in [0, 0.05) is 60.4 Å². The zero-order chi connectivity index (χ0) is 22.9. The molecule has 0 bridgehead atoms. The number of hydrogen-bond donors (Lipinski definition) is 2. The van der Waals surface area contributed by atoms with Gasteiger partial charge in [0.05, 0.1) is 11.1 Å². The van der Waals surface area contributed by atoms with Crippen molar-refractivity contribution in [2.24, 2.45) is 0 Å². The SMILES string of the molecule is O=C(C(=O)N1CCCN(C(=O)C(=O)c2c[nH]c3ccccc23)CC1)c1c[nH]c2ccccc12. The van der Waals surface area contributed by atoms with Crippen molar-refractivity contribution in [2.75, 3.05) is 26.2 Å². The number of aromatic nitrogens is 2. The van der Waals surface area contributed by atoms with Gasteiger partial charge < -0.3 is 19.8 Å². The number of nitrogens with one attached hydrogen (secondary N) is 2. The molecule has 166 valence electrons. The zero-order valence-corrected chi connectivity index (χ0v) is 17.8. The Hall–Kier alpha value is -4.20. The number of amides is 2. The topological polar surface area (TPSA) is 106 Å². The van der Waals surface area contributed by atoms with E-state index < -0.39 is 23.4 Å². The van der Waals surface area contributed by atoms with Crippen molar-refractivity contribution in [1.82, 2.24) is 19.8 Å². The molecule has 0 aliphatic carbocycles. The van der Waals surface area contributed by atoms with Crippen LogP contribution in [-0.2, 0) is 9.59 Å². The van der Waals surface area contributed by atoms with Gasteiger partial charge >= 0.3 is 0 Å². The van der Waals surface area contributed by atoms with E-state index in [1.807, 2.05) is 36.4 Å². The Bertz CT molecular complexity index is 1290. The average Bonchev–Trinajstić information content (AvgIpc) is 3.39. The standard InChI is InChI=1S/C25H22N4O4/c30-22(18-14-26-20-8-3-1-6-16(18)20)24(32)28-10-5-11-29(13-12-28)25(33)23(31)19-15-27-21-9-4-2-7-17(19)21/h1-4,6-9,14-15,26-27H,5,10-13H2. The Morgan fingerprint density at radius 1 is 0.606 bits per heavy atom. The summed E-state index contributed by atoms with van der Waals surface area (Å²) in [6.07, 6.45) is 3.59. The van der Waals surface area contributed by atoms with E-state index in [1.165, 1.54) is 9.80 Å². The first-order chi connectivity index (χ1) is 16.0. The largest absolute Gasteiger partial charge is 0.360 e. The van der Waals surface area contributed by atoms with Crippen LogP contribution in [0, 0.1) is 0 Å². The molecule has 1 aliphatic heterocycles. The number of benzene rings is 2. The van der Waals surface area contributed by atoms with Crippen molar-refractivity contribution in [1.29, 1.82) is 0 Å². The van der Waals surface area contributed by atoms with Crippen molar-refractivity contribution >= 4 is 45.2 Å². The second-order valence-electron chi connectivity index (χ2n) is 8.09. The lowest BCUT2D eigenvalue weighted by Crippen LogP contribution is -2.41. The zero-order valence-electron chi connectivity index (χ0n) is 17.8. The normalized spacial score (nSPS) is 14.4. The molecule has 5 rings (SSSR count). The molecule has 0 unspecified atom stereocenters. The van der Waals surface area contributed by atoms with E-state index in [0.717, 1.165) is 11.0 Å². The Labute approximate surface area is 189 Å². The number of para-hydroxylation sites is 2. The lowest BCUT2D eigenvalue weighted by Gasteiger charge is -2.21. The van der Waals surface area contributed by atoms with Gasteiger partial charge in [-0.3, -0.25) is 19.2 Å². The van der Waals surface area contributed by atoms with Crippen molar-refractivity contribution in [3.8, 4) is 0 Å². The predicted octanol–water partition coefficient (Wildman–Crippen LogP) is 2.78. The molecule has 0 radical (unpaired) electrons. The number of carbonyl (C=O) groups excluding carboxylic acids is 4. The number of nitrogens with zero attached hydrogens (tertiary/aromatic N) is 2. The molecule has 1 fully saturated rings. The Balaban J connectivity index is 1.28. The third-order valence-electron chi connectivity index (χ3n) is 6.13. The van der Waals surface area contributed by atoms with Gasteiger partial charge in [-0.05, 0) is 18.6 Å². The summed E-state index contributed by atoms with van der Waals surface area (Å²) >= 11 is 0. The maximum absolute atomic E-state index is 12.9. The highest BCUT2D eigenvalue weighted by atomic mass is 16.2. The molecule has 0 atom stereocenters. The van der Waals surface area contributed by atoms with Gasteiger partial charge in [-0.15, -0.1) is 0 Å². The molecule has 1 aliphatic rings. The van der Waals surface area contributed by atoms with Crippen LogP contribution < -0.4 is 0 Å². The summed E-state index contributed by atoms with van der Waals surface area (Å²) in [5.74, 6) is -2.36. The van der Waals surface area contributed by atoms with Crippen LogP contribution in [0.25, 0.3) is 21.8 Å². The van der Waals surface area contributed by atoms with Crippen molar-refractivity contribution in [3.63, 3.8) is 0 Å². The monoisotopic (exact) mass is 442 g/mol. The van der Waals surface area contributed by atoms with E-state index in [-0.39, 0.29) is 13.1 Å². The second kappa shape index (κ2) is 8.38. The molecule has 2 aromatic heterocycles. The molecule has 3 heterocycles. The summed E-state index contributed by atoms with van der Waals surface area (Å²) in [6, 6.07) is 14.6. The first-order valence-electron chi connectivity index (χ1n) is 10.8. The summed E-state index contributed by atoms with van der Waals surface area (Å²) < 4.78 is 0. The predicted molar refractivity (Wildman–Crippen MR) is 123 cm³/mol. The van der Waals surface area contributed by atoms with E-state index in [2.05, 4.69) is 9.97 Å². The summed E-state index contributed by atoms with van der Waals surface area (Å²) in [5, 5.41) is 1.40. The number of carbonyl (C=O) groups is 4. The van der Waals surface area contributed by atoms with Gasteiger partial charge in [-0.1, -0.05) is 36.4 Å². The smallest absolute Gasteiger partial charge is 0.295 e. The number of rotatable bonds is 4. The fourth-order valence-electron chi connectivity index (χ4n) is 4.36. The number of Topliss-reactive ketones (excluding diaryl/α,β-unsaturated/α-hetero) is 2. The highest BCUT2D eigenvalue weighted by Gasteiger charge is 2.31. The van der Waals surface area contributed by atoms with Gasteiger partial charge in [0.2, 0.25) is 0 Å². The van der Waals surface area contributed by atoms with Crippen molar-refractivity contribution in [3.05, 3.63) is 72.1 Å². The number of ketones is 2. The molecule has 2 amide bonds. The van der Waals surface area contributed by atoms with Crippen molar-refractivity contribution < 1.29 is 19.2 Å². The quantitative estimate of drug-likeness (QED) is 0.374. The summed E-state index contributed by atoms with van der Waals surface area (Å²) in [7, 11) is 0. The average molecular weight is 442 g/mol. The Morgan fingerprint density at radius 2 is 1.03 bits per heavy atom. The van der Waals surface area contributed by atoms with Crippen LogP contribution in [0.15, 0.2) is 60.9 Å². The summed E-state index contributed by atoms with van der Waals surface area (Å²) in [5.41, 5.74) is 2.25. The maximum atomic E-state index is 12.9. The minimum Gasteiger partial charge on any atom is -0.360 e. The first-order valence-corrected chi connectivity index (χ1v) is 10.8. The van der Waals surface area contributed by atoms with Crippen LogP contribution in [0.3, 0.4) is 0 Å². The molecule has 33 heavy (non-hydrogen) atoms. The van der Waals surface area contributed by atoms with Gasteiger partial charge in [0.1, 0.15) is 0 Å². The fourth-order valence-corrected chi connectivity index (χ4v) is 4.36. The van der Waals surface area contributed by atoms with Crippen LogP contribution in [0.2, 0.25) is 0 Å². The van der Waals surface area contributed by atoms with Crippen LogP contribution in [-0.4, -0.2) is 69.3 Å². The highest BCUT2D eigenvalue weighted by molar-refractivity contribution is 6.45. The van der Waals surface area contributed by atoms with Crippen LogP contribution in [0.5, 0.6) is 0 Å². The fraction of sp³-hybridized carbons (Fsp3) is 0.200. The molecule has 8 heteroatoms. The molecule has 1 saturated heterocycles. The van der Waals surface area contributed by atoms with Crippen molar-refractivity contribution in [2.45, 2.75) is 6.42 Å². The maximum Gasteiger partial charge on any atom is 0.295 e. The molecule has 0 spiro atoms. The molecular formula is C25H22N4O4. The Morgan fingerprint density at radius 3 is 1.48 bits per heavy atom. The molecule has 2 aromatic carbocycles. The second-order valence-corrected chi connectivity index (χ2v) is 8.09. The van der Waals surface area contributed by atoms with E-state index >= 15 is 0 Å². The third-order valence-corrected chi connectivity index (χ3v) is 6.13. The molecule has 2 N–H and O–H groups in total. The minimum absolute atomic E-state index is 0.194.